The Balaban J connectivity index is 1.87. The van der Waals surface area contributed by atoms with Crippen LogP contribution >= 0.6 is 0 Å². The van der Waals surface area contributed by atoms with Crippen LogP contribution in [-0.4, -0.2) is 62.7 Å². The summed E-state index contributed by atoms with van der Waals surface area (Å²) in [5.41, 5.74) is -0.927. The molecule has 2 fully saturated rings. The Morgan fingerprint density at radius 3 is 2.47 bits per heavy atom. The highest BCUT2D eigenvalue weighted by Gasteiger charge is 2.41. The fourth-order valence-corrected chi connectivity index (χ4v) is 2.24. The van der Waals surface area contributed by atoms with E-state index in [9.17, 15) is 14.7 Å². The first-order valence-corrected chi connectivity index (χ1v) is 6.42. The zero-order chi connectivity index (χ0) is 13.7. The number of nitrogens with one attached hydrogen (secondary N) is 1. The minimum Gasteiger partial charge on any atom is -0.481 e. The van der Waals surface area contributed by atoms with Crippen LogP contribution in [0.2, 0.25) is 0 Å². The highest BCUT2D eigenvalue weighted by atomic mass is 16.6. The summed E-state index contributed by atoms with van der Waals surface area (Å²) < 4.78 is 15.6. The molecule has 2 aliphatic rings. The molecule has 7 heteroatoms. The lowest BCUT2D eigenvalue weighted by atomic mass is 9.80. The van der Waals surface area contributed by atoms with Crippen molar-refractivity contribution in [3.8, 4) is 0 Å². The molecule has 0 aromatic carbocycles. The molecule has 1 amide bonds. The molecule has 19 heavy (non-hydrogen) atoms. The van der Waals surface area contributed by atoms with Crippen molar-refractivity contribution in [3.05, 3.63) is 0 Å². The van der Waals surface area contributed by atoms with Gasteiger partial charge in [-0.2, -0.15) is 0 Å². The molecule has 0 aromatic heterocycles. The third-order valence-corrected chi connectivity index (χ3v) is 3.61. The SMILES string of the molecule is O=C(NCC1(C(=O)O)CCOCC1)C1COCCO1. The van der Waals surface area contributed by atoms with Gasteiger partial charge in [0, 0.05) is 19.8 Å². The first kappa shape index (κ1) is 14.2. The molecule has 2 saturated heterocycles. The lowest BCUT2D eigenvalue weighted by Crippen LogP contribution is -2.50. The lowest BCUT2D eigenvalue weighted by molar-refractivity contribution is -0.156. The van der Waals surface area contributed by atoms with Gasteiger partial charge in [0.05, 0.1) is 25.2 Å². The van der Waals surface area contributed by atoms with E-state index < -0.39 is 17.5 Å². The normalized spacial score (nSPS) is 26.6. The van der Waals surface area contributed by atoms with Crippen molar-refractivity contribution >= 4 is 11.9 Å². The number of carboxylic acids is 1. The second-order valence-electron chi connectivity index (χ2n) is 4.85. The molecule has 0 aliphatic carbocycles. The van der Waals surface area contributed by atoms with Crippen LogP contribution in [0.1, 0.15) is 12.8 Å². The van der Waals surface area contributed by atoms with E-state index in [1.54, 1.807) is 0 Å². The molecular formula is C12H19NO6. The van der Waals surface area contributed by atoms with Gasteiger partial charge in [0.25, 0.3) is 5.91 Å². The predicted octanol–water partition coefficient (Wildman–Crippen LogP) is -0.601. The van der Waals surface area contributed by atoms with Gasteiger partial charge < -0.3 is 24.6 Å². The largest absolute Gasteiger partial charge is 0.481 e. The van der Waals surface area contributed by atoms with Crippen molar-refractivity contribution in [1.82, 2.24) is 5.32 Å². The number of carbonyl (C=O) groups excluding carboxylic acids is 1. The Labute approximate surface area is 111 Å². The number of hydrogen-bond donors (Lipinski definition) is 2. The fourth-order valence-electron chi connectivity index (χ4n) is 2.24. The summed E-state index contributed by atoms with van der Waals surface area (Å²) in [5.74, 6) is -1.20. The summed E-state index contributed by atoms with van der Waals surface area (Å²) in [6.07, 6.45) is 0.175. The summed E-state index contributed by atoms with van der Waals surface area (Å²) in [6.45, 7) is 2.01. The molecule has 7 nitrogen and oxygen atoms in total. The fraction of sp³-hybridized carbons (Fsp3) is 0.833. The van der Waals surface area contributed by atoms with Crippen LogP contribution in [0, 0.1) is 5.41 Å². The number of carboxylic acid groups (broad SMARTS) is 1. The van der Waals surface area contributed by atoms with E-state index in [0.29, 0.717) is 39.3 Å². The summed E-state index contributed by atoms with van der Waals surface area (Å²) >= 11 is 0. The van der Waals surface area contributed by atoms with Crippen molar-refractivity contribution in [1.29, 1.82) is 0 Å². The van der Waals surface area contributed by atoms with Crippen molar-refractivity contribution in [2.45, 2.75) is 18.9 Å². The topological polar surface area (TPSA) is 94.1 Å². The molecule has 0 radical (unpaired) electrons. The van der Waals surface area contributed by atoms with Gasteiger partial charge in [0.15, 0.2) is 6.10 Å². The van der Waals surface area contributed by atoms with Crippen LogP contribution in [0.3, 0.4) is 0 Å². The zero-order valence-electron chi connectivity index (χ0n) is 10.7. The monoisotopic (exact) mass is 273 g/mol. The van der Waals surface area contributed by atoms with E-state index in [2.05, 4.69) is 5.32 Å². The molecule has 108 valence electrons. The van der Waals surface area contributed by atoms with E-state index in [1.165, 1.54) is 0 Å². The number of amides is 1. The summed E-state index contributed by atoms with van der Waals surface area (Å²) in [7, 11) is 0. The van der Waals surface area contributed by atoms with Crippen LogP contribution in [0.15, 0.2) is 0 Å². The molecule has 1 unspecified atom stereocenters. The Bertz CT molecular complexity index is 333. The summed E-state index contributed by atoms with van der Waals surface area (Å²) in [4.78, 5) is 23.3. The number of ether oxygens (including phenoxy) is 3. The second-order valence-corrected chi connectivity index (χ2v) is 4.85. The maximum Gasteiger partial charge on any atom is 0.311 e. The third kappa shape index (κ3) is 3.43. The Morgan fingerprint density at radius 2 is 1.89 bits per heavy atom. The molecule has 0 spiro atoms. The number of aliphatic carboxylic acids is 1. The average molecular weight is 273 g/mol. The van der Waals surface area contributed by atoms with Crippen LogP contribution in [0.4, 0.5) is 0 Å². The standard InChI is InChI=1S/C12H19NO6/c14-10(9-7-18-5-6-19-9)13-8-12(11(15)16)1-3-17-4-2-12/h9H,1-8H2,(H,13,14)(H,15,16). The Hall–Kier alpha value is -1.18. The van der Waals surface area contributed by atoms with Gasteiger partial charge in [0.2, 0.25) is 0 Å². The van der Waals surface area contributed by atoms with Gasteiger partial charge in [0.1, 0.15) is 0 Å². The Morgan fingerprint density at radius 1 is 1.16 bits per heavy atom. The van der Waals surface area contributed by atoms with Crippen molar-refractivity contribution in [2.24, 2.45) is 5.41 Å². The lowest BCUT2D eigenvalue weighted by Gasteiger charge is -2.33. The second kappa shape index (κ2) is 6.31. The molecule has 2 N–H and O–H groups in total. The molecular weight excluding hydrogens is 254 g/mol. The molecule has 2 rings (SSSR count). The summed E-state index contributed by atoms with van der Waals surface area (Å²) in [5, 5.41) is 12.0. The summed E-state index contributed by atoms with van der Waals surface area (Å²) in [6, 6.07) is 0. The number of hydrogen-bond acceptors (Lipinski definition) is 5. The van der Waals surface area contributed by atoms with Crippen molar-refractivity contribution in [2.75, 3.05) is 39.6 Å². The van der Waals surface area contributed by atoms with Gasteiger partial charge in [-0.3, -0.25) is 9.59 Å². The van der Waals surface area contributed by atoms with Crippen LogP contribution < -0.4 is 5.32 Å². The average Bonchev–Trinajstić information content (AvgIpc) is 2.46. The van der Waals surface area contributed by atoms with Crippen LogP contribution in [0.25, 0.3) is 0 Å². The van der Waals surface area contributed by atoms with Crippen molar-refractivity contribution in [3.63, 3.8) is 0 Å². The predicted molar refractivity (Wildman–Crippen MR) is 63.7 cm³/mol. The minimum absolute atomic E-state index is 0.102. The molecule has 2 heterocycles. The van der Waals surface area contributed by atoms with Crippen LogP contribution in [-0.2, 0) is 23.8 Å². The molecule has 0 saturated carbocycles. The third-order valence-electron chi connectivity index (χ3n) is 3.61. The smallest absolute Gasteiger partial charge is 0.311 e. The minimum atomic E-state index is -0.927. The molecule has 2 aliphatic heterocycles. The van der Waals surface area contributed by atoms with E-state index in [-0.39, 0.29) is 19.1 Å². The van der Waals surface area contributed by atoms with Gasteiger partial charge >= 0.3 is 5.97 Å². The van der Waals surface area contributed by atoms with E-state index in [4.69, 9.17) is 14.2 Å². The molecule has 0 bridgehead atoms. The first-order valence-electron chi connectivity index (χ1n) is 6.42. The highest BCUT2D eigenvalue weighted by Crippen LogP contribution is 2.30. The van der Waals surface area contributed by atoms with E-state index >= 15 is 0 Å². The Kier molecular flexibility index (Phi) is 4.73. The number of rotatable bonds is 4. The highest BCUT2D eigenvalue weighted by molar-refractivity contribution is 5.82. The van der Waals surface area contributed by atoms with Gasteiger partial charge in [-0.25, -0.2) is 0 Å². The maximum absolute atomic E-state index is 11.9. The number of carbonyl (C=O) groups is 2. The zero-order valence-corrected chi connectivity index (χ0v) is 10.7. The maximum atomic E-state index is 11.9. The molecule has 1 atom stereocenters. The van der Waals surface area contributed by atoms with Crippen molar-refractivity contribution < 1.29 is 28.9 Å². The quantitative estimate of drug-likeness (QED) is 0.710. The molecule has 0 aromatic rings. The van der Waals surface area contributed by atoms with E-state index in [1.807, 2.05) is 0 Å². The van der Waals surface area contributed by atoms with Gasteiger partial charge in [-0.05, 0) is 12.8 Å². The first-order chi connectivity index (χ1) is 9.14. The van der Waals surface area contributed by atoms with E-state index in [0.717, 1.165) is 0 Å². The van der Waals surface area contributed by atoms with Gasteiger partial charge in [-0.15, -0.1) is 0 Å². The van der Waals surface area contributed by atoms with Crippen LogP contribution in [0.5, 0.6) is 0 Å². The van der Waals surface area contributed by atoms with Gasteiger partial charge in [-0.1, -0.05) is 0 Å².